The third-order valence-electron chi connectivity index (χ3n) is 3.74. The number of rotatable bonds is 7. The number of nitrogens with zero attached hydrogens (tertiary/aromatic N) is 1. The number of hydrogen-bond acceptors (Lipinski definition) is 3. The average Bonchev–Trinajstić information content (AvgIpc) is 3.03. The van der Waals surface area contributed by atoms with E-state index in [9.17, 15) is 8.42 Å². The highest BCUT2D eigenvalue weighted by atomic mass is 32.2. The predicted octanol–water partition coefficient (Wildman–Crippen LogP) is 2.87. The summed E-state index contributed by atoms with van der Waals surface area (Å²) in [5.74, 6) is 0.245. The topological polar surface area (TPSA) is 74.8 Å². The Labute approximate surface area is 125 Å². The standard InChI is InChI=1S/C15H21N3O2S/c1-3-12(4-2)15(13-8-6-5-7-9-13)18-21(19,20)14-10-16-17-11-14/h5-12,15,18H,3-4H2,1-2H3,(H,16,17). The van der Waals surface area contributed by atoms with Gasteiger partial charge >= 0.3 is 0 Å². The SMILES string of the molecule is CCC(CC)C(NS(=O)(=O)c1cn[nH]c1)c1ccccc1. The summed E-state index contributed by atoms with van der Waals surface area (Å²) < 4.78 is 27.7. The molecule has 1 aromatic carbocycles. The molecule has 0 aliphatic heterocycles. The second-order valence-electron chi connectivity index (χ2n) is 5.02. The van der Waals surface area contributed by atoms with Gasteiger partial charge in [-0.15, -0.1) is 0 Å². The van der Waals surface area contributed by atoms with Gasteiger partial charge in [-0.05, 0) is 11.5 Å². The molecule has 0 fully saturated rings. The minimum atomic E-state index is -3.57. The molecule has 0 spiro atoms. The molecule has 0 saturated carbocycles. The Morgan fingerprint density at radius 2 is 1.86 bits per heavy atom. The van der Waals surface area contributed by atoms with E-state index >= 15 is 0 Å². The fourth-order valence-electron chi connectivity index (χ4n) is 2.48. The first-order chi connectivity index (χ1) is 10.1. The van der Waals surface area contributed by atoms with Crippen LogP contribution in [0.1, 0.15) is 38.3 Å². The highest BCUT2D eigenvalue weighted by Gasteiger charge is 2.27. The zero-order chi connectivity index (χ0) is 15.3. The van der Waals surface area contributed by atoms with Crippen molar-refractivity contribution < 1.29 is 8.42 Å². The molecule has 0 radical (unpaired) electrons. The Kier molecular flexibility index (Phi) is 5.14. The molecule has 0 aliphatic carbocycles. The van der Waals surface area contributed by atoms with E-state index in [0.29, 0.717) is 0 Å². The third-order valence-corrected chi connectivity index (χ3v) is 5.15. The van der Waals surface area contributed by atoms with Gasteiger partial charge in [-0.2, -0.15) is 5.10 Å². The molecule has 0 aliphatic rings. The molecule has 2 aromatic rings. The molecule has 0 bridgehead atoms. The molecule has 5 nitrogen and oxygen atoms in total. The smallest absolute Gasteiger partial charge is 0.244 e. The quantitative estimate of drug-likeness (QED) is 0.826. The van der Waals surface area contributed by atoms with Crippen molar-refractivity contribution in [1.82, 2.24) is 14.9 Å². The summed E-state index contributed by atoms with van der Waals surface area (Å²) in [4.78, 5) is 0.161. The predicted molar refractivity (Wildman–Crippen MR) is 82.2 cm³/mol. The Morgan fingerprint density at radius 1 is 1.19 bits per heavy atom. The first kappa shape index (κ1) is 15.7. The number of nitrogens with one attached hydrogen (secondary N) is 2. The van der Waals surface area contributed by atoms with Crippen molar-refractivity contribution in [3.05, 3.63) is 48.3 Å². The fourth-order valence-corrected chi connectivity index (χ4v) is 3.68. The highest BCUT2D eigenvalue weighted by molar-refractivity contribution is 7.89. The van der Waals surface area contributed by atoms with Crippen molar-refractivity contribution in [2.45, 2.75) is 37.6 Å². The van der Waals surface area contributed by atoms with E-state index in [4.69, 9.17) is 0 Å². The van der Waals surface area contributed by atoms with E-state index in [2.05, 4.69) is 28.8 Å². The van der Waals surface area contributed by atoms with Crippen LogP contribution in [-0.4, -0.2) is 18.6 Å². The number of benzene rings is 1. The first-order valence-electron chi connectivity index (χ1n) is 7.14. The van der Waals surface area contributed by atoms with Crippen LogP contribution < -0.4 is 4.72 Å². The van der Waals surface area contributed by atoms with Crippen LogP contribution in [0.15, 0.2) is 47.6 Å². The molecule has 1 atom stereocenters. The molecule has 6 heteroatoms. The Bertz CT molecular complexity index is 635. The van der Waals surface area contributed by atoms with Gasteiger partial charge < -0.3 is 0 Å². The summed E-state index contributed by atoms with van der Waals surface area (Å²) in [6.45, 7) is 4.16. The summed E-state index contributed by atoms with van der Waals surface area (Å²) in [7, 11) is -3.57. The lowest BCUT2D eigenvalue weighted by atomic mass is 9.90. The van der Waals surface area contributed by atoms with Gasteiger partial charge in [-0.25, -0.2) is 13.1 Å². The maximum absolute atomic E-state index is 12.4. The van der Waals surface area contributed by atoms with Gasteiger partial charge in [0.25, 0.3) is 0 Å². The zero-order valence-corrected chi connectivity index (χ0v) is 13.1. The van der Waals surface area contributed by atoms with Gasteiger partial charge in [0.2, 0.25) is 10.0 Å². The lowest BCUT2D eigenvalue weighted by Crippen LogP contribution is -2.33. The van der Waals surface area contributed by atoms with E-state index in [1.54, 1.807) is 0 Å². The Hall–Kier alpha value is -1.66. The molecular weight excluding hydrogens is 286 g/mol. The van der Waals surface area contributed by atoms with Crippen LogP contribution in [0.3, 0.4) is 0 Å². The number of aromatic amines is 1. The lowest BCUT2D eigenvalue weighted by Gasteiger charge is -2.26. The average molecular weight is 307 g/mol. The second kappa shape index (κ2) is 6.87. The van der Waals surface area contributed by atoms with Crippen LogP contribution >= 0.6 is 0 Å². The van der Waals surface area contributed by atoms with E-state index in [-0.39, 0.29) is 16.9 Å². The Balaban J connectivity index is 2.33. The van der Waals surface area contributed by atoms with Crippen LogP contribution in [0.5, 0.6) is 0 Å². The summed E-state index contributed by atoms with van der Waals surface area (Å²) in [6.07, 6.45) is 4.52. The van der Waals surface area contributed by atoms with E-state index in [0.717, 1.165) is 18.4 Å². The summed E-state index contributed by atoms with van der Waals surface area (Å²) in [6, 6.07) is 9.47. The largest absolute Gasteiger partial charge is 0.284 e. The molecule has 1 heterocycles. The van der Waals surface area contributed by atoms with Crippen LogP contribution in [0.25, 0.3) is 0 Å². The van der Waals surface area contributed by atoms with Gasteiger partial charge in [-0.1, -0.05) is 57.0 Å². The fraction of sp³-hybridized carbons (Fsp3) is 0.400. The van der Waals surface area contributed by atoms with Crippen molar-refractivity contribution >= 4 is 10.0 Å². The van der Waals surface area contributed by atoms with Gasteiger partial charge in [0, 0.05) is 12.2 Å². The molecule has 2 rings (SSSR count). The summed E-state index contributed by atoms with van der Waals surface area (Å²) in [5.41, 5.74) is 0.985. The summed E-state index contributed by atoms with van der Waals surface area (Å²) >= 11 is 0. The van der Waals surface area contributed by atoms with Crippen LogP contribution in [-0.2, 0) is 10.0 Å². The molecule has 0 amide bonds. The van der Waals surface area contributed by atoms with Crippen molar-refractivity contribution in [2.75, 3.05) is 0 Å². The van der Waals surface area contributed by atoms with Gasteiger partial charge in [0.1, 0.15) is 4.90 Å². The van der Waals surface area contributed by atoms with Gasteiger partial charge in [-0.3, -0.25) is 5.10 Å². The lowest BCUT2D eigenvalue weighted by molar-refractivity contribution is 0.378. The maximum atomic E-state index is 12.4. The van der Waals surface area contributed by atoms with Crippen LogP contribution in [0.2, 0.25) is 0 Å². The van der Waals surface area contributed by atoms with Crippen molar-refractivity contribution in [1.29, 1.82) is 0 Å². The van der Waals surface area contributed by atoms with E-state index in [1.165, 1.54) is 12.4 Å². The third kappa shape index (κ3) is 3.71. The van der Waals surface area contributed by atoms with E-state index < -0.39 is 10.0 Å². The summed E-state index contributed by atoms with van der Waals surface area (Å²) in [5, 5.41) is 6.25. The number of H-pyrrole nitrogens is 1. The first-order valence-corrected chi connectivity index (χ1v) is 8.62. The molecule has 21 heavy (non-hydrogen) atoms. The molecule has 114 valence electrons. The molecular formula is C15H21N3O2S. The van der Waals surface area contributed by atoms with Crippen LogP contribution in [0.4, 0.5) is 0 Å². The van der Waals surface area contributed by atoms with E-state index in [1.807, 2.05) is 30.3 Å². The highest BCUT2D eigenvalue weighted by Crippen LogP contribution is 2.29. The molecule has 2 N–H and O–H groups in total. The van der Waals surface area contributed by atoms with Gasteiger partial charge in [0.15, 0.2) is 0 Å². The minimum Gasteiger partial charge on any atom is -0.284 e. The minimum absolute atomic E-state index is 0.161. The molecule has 1 aromatic heterocycles. The number of aromatic nitrogens is 2. The van der Waals surface area contributed by atoms with Crippen molar-refractivity contribution in [3.63, 3.8) is 0 Å². The van der Waals surface area contributed by atoms with Crippen LogP contribution in [0, 0.1) is 5.92 Å². The normalized spacial score (nSPS) is 13.5. The number of sulfonamides is 1. The zero-order valence-electron chi connectivity index (χ0n) is 12.3. The second-order valence-corrected chi connectivity index (χ2v) is 6.73. The molecule has 1 unspecified atom stereocenters. The molecule has 0 saturated heterocycles. The van der Waals surface area contributed by atoms with Crippen molar-refractivity contribution in [2.24, 2.45) is 5.92 Å². The Morgan fingerprint density at radius 3 is 2.38 bits per heavy atom. The number of hydrogen-bond donors (Lipinski definition) is 2. The van der Waals surface area contributed by atoms with Gasteiger partial charge in [0.05, 0.1) is 6.20 Å². The maximum Gasteiger partial charge on any atom is 0.244 e. The monoisotopic (exact) mass is 307 g/mol. The van der Waals surface area contributed by atoms with Crippen molar-refractivity contribution in [3.8, 4) is 0 Å².